The standard InChI is InChI=1S/C21H19Cl2FN2O2S/c1-12-3-4-17(19(24)7-12)21-16-5-6-20(25-2)18(16)11-26(21)29(27,28)15-9-13(22)8-14(23)10-15/h3-4,7-11,20,25H,5-6H2,1-2H3. The lowest BCUT2D eigenvalue weighted by Gasteiger charge is -2.14. The summed E-state index contributed by atoms with van der Waals surface area (Å²) in [6, 6.07) is 8.98. The summed E-state index contributed by atoms with van der Waals surface area (Å²) in [7, 11) is -2.22. The number of fused-ring (bicyclic) bond motifs is 1. The fraction of sp³-hybridized carbons (Fsp3) is 0.238. The maximum absolute atomic E-state index is 14.9. The molecule has 0 radical (unpaired) electrons. The topological polar surface area (TPSA) is 51.1 Å². The molecule has 2 aromatic carbocycles. The van der Waals surface area contributed by atoms with Gasteiger partial charge in [-0.3, -0.25) is 0 Å². The Morgan fingerprint density at radius 3 is 2.45 bits per heavy atom. The van der Waals surface area contributed by atoms with Crippen LogP contribution in [-0.4, -0.2) is 19.4 Å². The smallest absolute Gasteiger partial charge is 0.268 e. The number of benzene rings is 2. The van der Waals surface area contributed by atoms with Crippen LogP contribution in [0.1, 0.15) is 29.2 Å². The van der Waals surface area contributed by atoms with Gasteiger partial charge in [0.25, 0.3) is 10.0 Å². The lowest BCUT2D eigenvalue weighted by molar-refractivity contribution is 0.578. The molecule has 1 aromatic heterocycles. The van der Waals surface area contributed by atoms with Crippen molar-refractivity contribution in [2.24, 2.45) is 0 Å². The molecule has 8 heteroatoms. The summed E-state index contributed by atoms with van der Waals surface area (Å²) in [6.07, 6.45) is 3.07. The van der Waals surface area contributed by atoms with Crippen LogP contribution in [0.3, 0.4) is 0 Å². The SMILES string of the molecule is CNC1CCc2c1cn(S(=O)(=O)c1cc(Cl)cc(Cl)c1)c2-c1ccc(C)cc1F. The molecule has 152 valence electrons. The second-order valence-electron chi connectivity index (χ2n) is 7.18. The normalized spacial score (nSPS) is 16.2. The van der Waals surface area contributed by atoms with E-state index >= 15 is 0 Å². The molecule has 1 unspecified atom stereocenters. The zero-order valence-corrected chi connectivity index (χ0v) is 18.2. The second-order valence-corrected chi connectivity index (χ2v) is 9.87. The van der Waals surface area contributed by atoms with E-state index in [1.807, 2.05) is 7.05 Å². The Morgan fingerprint density at radius 2 is 1.83 bits per heavy atom. The van der Waals surface area contributed by atoms with Crippen molar-refractivity contribution in [3.05, 3.63) is 75.1 Å². The van der Waals surface area contributed by atoms with Gasteiger partial charge < -0.3 is 5.32 Å². The molecule has 3 aromatic rings. The average molecular weight is 453 g/mol. The molecule has 0 spiro atoms. The van der Waals surface area contributed by atoms with Gasteiger partial charge in [0.15, 0.2) is 0 Å². The van der Waals surface area contributed by atoms with Crippen LogP contribution in [0.5, 0.6) is 0 Å². The number of halogens is 3. The fourth-order valence-electron chi connectivity index (χ4n) is 3.92. The van der Waals surface area contributed by atoms with Crippen molar-refractivity contribution >= 4 is 33.2 Å². The number of nitrogens with one attached hydrogen (secondary N) is 1. The summed E-state index contributed by atoms with van der Waals surface area (Å²) in [6.45, 7) is 1.79. The number of aromatic nitrogens is 1. The first kappa shape index (κ1) is 20.4. The predicted molar refractivity (Wildman–Crippen MR) is 114 cm³/mol. The molecule has 4 nitrogen and oxygen atoms in total. The van der Waals surface area contributed by atoms with Gasteiger partial charge in [0.05, 0.1) is 10.6 Å². The minimum atomic E-state index is -4.05. The minimum Gasteiger partial charge on any atom is -0.313 e. The van der Waals surface area contributed by atoms with Crippen LogP contribution in [0.2, 0.25) is 10.0 Å². The van der Waals surface area contributed by atoms with Gasteiger partial charge in [-0.1, -0.05) is 29.3 Å². The summed E-state index contributed by atoms with van der Waals surface area (Å²) < 4.78 is 43.1. The highest BCUT2D eigenvalue weighted by atomic mass is 35.5. The molecule has 1 heterocycles. The lowest BCUT2D eigenvalue weighted by atomic mass is 10.0. The third kappa shape index (κ3) is 3.48. The Morgan fingerprint density at radius 1 is 1.14 bits per heavy atom. The first-order valence-corrected chi connectivity index (χ1v) is 11.3. The molecule has 1 aliphatic carbocycles. The quantitative estimate of drug-likeness (QED) is 0.579. The van der Waals surface area contributed by atoms with E-state index in [0.29, 0.717) is 12.1 Å². The molecule has 1 atom stereocenters. The Hall–Kier alpha value is -1.86. The van der Waals surface area contributed by atoms with Crippen molar-refractivity contribution in [2.75, 3.05) is 7.05 Å². The average Bonchev–Trinajstić information content (AvgIpc) is 3.20. The van der Waals surface area contributed by atoms with Gasteiger partial charge in [0.1, 0.15) is 5.82 Å². The van der Waals surface area contributed by atoms with E-state index in [2.05, 4.69) is 5.32 Å². The first-order chi connectivity index (χ1) is 13.7. The van der Waals surface area contributed by atoms with E-state index in [1.165, 1.54) is 24.3 Å². The maximum Gasteiger partial charge on any atom is 0.268 e. The van der Waals surface area contributed by atoms with Gasteiger partial charge in [-0.2, -0.15) is 0 Å². The molecule has 0 amide bonds. The monoisotopic (exact) mass is 452 g/mol. The third-order valence-electron chi connectivity index (χ3n) is 5.29. The van der Waals surface area contributed by atoms with Gasteiger partial charge in [0.2, 0.25) is 0 Å². The molecule has 0 saturated heterocycles. The van der Waals surface area contributed by atoms with Crippen molar-refractivity contribution < 1.29 is 12.8 Å². The number of aryl methyl sites for hydroxylation is 1. The molecule has 1 aliphatic rings. The van der Waals surface area contributed by atoms with Gasteiger partial charge in [-0.05, 0) is 73.8 Å². The molecular weight excluding hydrogens is 434 g/mol. The van der Waals surface area contributed by atoms with Crippen LogP contribution in [0, 0.1) is 12.7 Å². The molecule has 29 heavy (non-hydrogen) atoms. The predicted octanol–water partition coefficient (Wildman–Crippen LogP) is 5.35. The van der Waals surface area contributed by atoms with Crippen molar-refractivity contribution in [3.8, 4) is 11.3 Å². The van der Waals surface area contributed by atoms with Gasteiger partial charge in [-0.15, -0.1) is 0 Å². The van der Waals surface area contributed by atoms with Crippen molar-refractivity contribution in [2.45, 2.75) is 30.7 Å². The molecule has 0 bridgehead atoms. The van der Waals surface area contributed by atoms with Gasteiger partial charge in [0, 0.05) is 27.8 Å². The van der Waals surface area contributed by atoms with Crippen LogP contribution in [0.4, 0.5) is 4.39 Å². The number of hydrogen-bond donors (Lipinski definition) is 1. The highest BCUT2D eigenvalue weighted by molar-refractivity contribution is 7.90. The fourth-order valence-corrected chi connectivity index (χ4v) is 6.06. The van der Waals surface area contributed by atoms with Gasteiger partial charge in [-0.25, -0.2) is 16.8 Å². The summed E-state index contributed by atoms with van der Waals surface area (Å²) in [5.74, 6) is -0.459. The molecule has 4 rings (SSSR count). The van der Waals surface area contributed by atoms with E-state index in [4.69, 9.17) is 23.2 Å². The largest absolute Gasteiger partial charge is 0.313 e. The Balaban J connectivity index is 2.01. The van der Waals surface area contributed by atoms with E-state index in [0.717, 1.165) is 27.1 Å². The first-order valence-electron chi connectivity index (χ1n) is 9.12. The summed E-state index contributed by atoms with van der Waals surface area (Å²) in [4.78, 5) is -0.0431. The number of nitrogens with zero attached hydrogens (tertiary/aromatic N) is 1. The highest BCUT2D eigenvalue weighted by Gasteiger charge is 2.33. The zero-order chi connectivity index (χ0) is 20.9. The number of rotatable bonds is 4. The van der Waals surface area contributed by atoms with Gasteiger partial charge >= 0.3 is 0 Å². The summed E-state index contributed by atoms with van der Waals surface area (Å²) >= 11 is 12.1. The van der Waals surface area contributed by atoms with Crippen LogP contribution >= 0.6 is 23.2 Å². The van der Waals surface area contributed by atoms with Crippen LogP contribution in [-0.2, 0) is 16.4 Å². The Kier molecular flexibility index (Phi) is 5.23. The van der Waals surface area contributed by atoms with E-state index in [9.17, 15) is 12.8 Å². The lowest BCUT2D eigenvalue weighted by Crippen LogP contribution is -2.16. The van der Waals surface area contributed by atoms with Crippen molar-refractivity contribution in [1.82, 2.24) is 9.29 Å². The maximum atomic E-state index is 14.9. The van der Waals surface area contributed by atoms with Crippen LogP contribution < -0.4 is 5.32 Å². The second kappa shape index (κ2) is 7.43. The molecule has 0 aliphatic heterocycles. The third-order valence-corrected chi connectivity index (χ3v) is 7.36. The molecular formula is C21H19Cl2FN2O2S. The molecule has 1 N–H and O–H groups in total. The Labute approximate surface area is 179 Å². The van der Waals surface area contributed by atoms with E-state index in [-0.39, 0.29) is 26.5 Å². The van der Waals surface area contributed by atoms with E-state index in [1.54, 1.807) is 25.3 Å². The number of hydrogen-bond acceptors (Lipinski definition) is 3. The minimum absolute atomic E-state index is 0.0108. The summed E-state index contributed by atoms with van der Waals surface area (Å²) in [5, 5.41) is 3.63. The Bertz CT molecular complexity index is 1200. The van der Waals surface area contributed by atoms with E-state index < -0.39 is 15.8 Å². The van der Waals surface area contributed by atoms with Crippen LogP contribution in [0.25, 0.3) is 11.3 Å². The zero-order valence-electron chi connectivity index (χ0n) is 15.8. The van der Waals surface area contributed by atoms with Crippen molar-refractivity contribution in [3.63, 3.8) is 0 Å². The summed E-state index contributed by atoms with van der Waals surface area (Å²) in [5.41, 5.74) is 3.07. The highest BCUT2D eigenvalue weighted by Crippen LogP contribution is 2.42. The van der Waals surface area contributed by atoms with Crippen molar-refractivity contribution in [1.29, 1.82) is 0 Å². The molecule has 0 fully saturated rings. The molecule has 0 saturated carbocycles. The van der Waals surface area contributed by atoms with Crippen LogP contribution in [0.15, 0.2) is 47.5 Å².